The van der Waals surface area contributed by atoms with E-state index in [0.29, 0.717) is 5.41 Å². The maximum atomic E-state index is 6.16. The van der Waals surface area contributed by atoms with Crippen LogP contribution in [0.1, 0.15) is 37.8 Å². The lowest BCUT2D eigenvalue weighted by Crippen LogP contribution is -2.14. The van der Waals surface area contributed by atoms with Crippen molar-refractivity contribution in [2.75, 3.05) is 0 Å². The zero-order valence-corrected chi connectivity index (χ0v) is 10.0. The Balaban J connectivity index is 2.03. The number of nitrogens with two attached hydrogens (primary N) is 1. The molecule has 2 N–H and O–H groups in total. The molecule has 76 valence electrons. The molecule has 0 radical (unpaired) electrons. The van der Waals surface area contributed by atoms with E-state index >= 15 is 0 Å². The van der Waals surface area contributed by atoms with Crippen LogP contribution in [-0.4, -0.2) is 0 Å². The standard InChI is InChI=1S/C12H16BrN/c1-12(6-7-12)8-11(14)9-2-4-10(13)5-3-9/h2-5,11H,6-8,14H2,1H3. The topological polar surface area (TPSA) is 26.0 Å². The van der Waals surface area contributed by atoms with Gasteiger partial charge >= 0.3 is 0 Å². The van der Waals surface area contributed by atoms with Crippen molar-refractivity contribution < 1.29 is 0 Å². The second-order valence-electron chi connectivity index (χ2n) is 4.67. The zero-order valence-electron chi connectivity index (χ0n) is 8.46. The van der Waals surface area contributed by atoms with Crippen molar-refractivity contribution in [2.24, 2.45) is 11.1 Å². The predicted octanol–water partition coefficient (Wildman–Crippen LogP) is 3.64. The molecule has 0 aliphatic heterocycles. The molecule has 1 fully saturated rings. The minimum atomic E-state index is 0.204. The van der Waals surface area contributed by atoms with E-state index in [-0.39, 0.29) is 6.04 Å². The average Bonchev–Trinajstić information content (AvgIpc) is 2.84. The van der Waals surface area contributed by atoms with Gasteiger partial charge in [0.25, 0.3) is 0 Å². The summed E-state index contributed by atoms with van der Waals surface area (Å²) in [5, 5.41) is 0. The van der Waals surface area contributed by atoms with E-state index in [0.717, 1.165) is 10.9 Å². The highest BCUT2D eigenvalue weighted by Crippen LogP contribution is 2.50. The van der Waals surface area contributed by atoms with Crippen LogP contribution < -0.4 is 5.73 Å². The van der Waals surface area contributed by atoms with Crippen molar-refractivity contribution in [2.45, 2.75) is 32.2 Å². The zero-order chi connectivity index (χ0) is 10.2. The number of hydrogen-bond donors (Lipinski definition) is 1. The Morgan fingerprint density at radius 3 is 2.43 bits per heavy atom. The molecule has 1 aliphatic rings. The van der Waals surface area contributed by atoms with Crippen LogP contribution in [0.25, 0.3) is 0 Å². The van der Waals surface area contributed by atoms with E-state index in [4.69, 9.17) is 5.73 Å². The molecule has 0 amide bonds. The first-order valence-electron chi connectivity index (χ1n) is 5.10. The van der Waals surface area contributed by atoms with Crippen molar-refractivity contribution in [3.63, 3.8) is 0 Å². The molecule has 1 nitrogen and oxygen atoms in total. The monoisotopic (exact) mass is 253 g/mol. The quantitative estimate of drug-likeness (QED) is 0.875. The average molecular weight is 254 g/mol. The molecule has 1 saturated carbocycles. The van der Waals surface area contributed by atoms with Gasteiger partial charge in [-0.05, 0) is 42.4 Å². The fourth-order valence-electron chi connectivity index (χ4n) is 1.78. The normalized spacial score (nSPS) is 20.5. The highest BCUT2D eigenvalue weighted by atomic mass is 79.9. The molecule has 0 spiro atoms. The van der Waals surface area contributed by atoms with Crippen LogP contribution in [0.4, 0.5) is 0 Å². The number of benzene rings is 1. The molecule has 1 unspecified atom stereocenters. The summed E-state index contributed by atoms with van der Waals surface area (Å²) in [5.41, 5.74) is 7.94. The maximum absolute atomic E-state index is 6.16. The second-order valence-corrected chi connectivity index (χ2v) is 5.59. The number of hydrogen-bond acceptors (Lipinski definition) is 1. The van der Waals surface area contributed by atoms with Gasteiger partial charge in [0.1, 0.15) is 0 Å². The van der Waals surface area contributed by atoms with E-state index in [9.17, 15) is 0 Å². The molecule has 0 aromatic heterocycles. The minimum Gasteiger partial charge on any atom is -0.324 e. The Morgan fingerprint density at radius 1 is 1.36 bits per heavy atom. The van der Waals surface area contributed by atoms with Crippen molar-refractivity contribution in [1.29, 1.82) is 0 Å². The van der Waals surface area contributed by atoms with Crippen LogP contribution in [0.2, 0.25) is 0 Å². The smallest absolute Gasteiger partial charge is 0.0300 e. The maximum Gasteiger partial charge on any atom is 0.0300 e. The van der Waals surface area contributed by atoms with Gasteiger partial charge in [-0.15, -0.1) is 0 Å². The van der Waals surface area contributed by atoms with Crippen molar-refractivity contribution in [3.8, 4) is 0 Å². The number of rotatable bonds is 3. The third-order valence-corrected chi connectivity index (χ3v) is 3.64. The van der Waals surface area contributed by atoms with Gasteiger partial charge in [0.2, 0.25) is 0 Å². The Morgan fingerprint density at radius 2 is 1.93 bits per heavy atom. The molecule has 1 aromatic carbocycles. The third kappa shape index (κ3) is 2.37. The Labute approximate surface area is 93.8 Å². The van der Waals surface area contributed by atoms with Crippen LogP contribution in [-0.2, 0) is 0 Å². The van der Waals surface area contributed by atoms with Gasteiger partial charge in [-0.1, -0.05) is 35.0 Å². The largest absolute Gasteiger partial charge is 0.324 e. The van der Waals surface area contributed by atoms with E-state index < -0.39 is 0 Å². The van der Waals surface area contributed by atoms with Crippen LogP contribution in [0.3, 0.4) is 0 Å². The van der Waals surface area contributed by atoms with Crippen LogP contribution >= 0.6 is 15.9 Å². The lowest BCUT2D eigenvalue weighted by atomic mass is 9.95. The summed E-state index contributed by atoms with van der Waals surface area (Å²) in [7, 11) is 0. The lowest BCUT2D eigenvalue weighted by Gasteiger charge is -2.16. The molecule has 14 heavy (non-hydrogen) atoms. The first kappa shape index (κ1) is 10.2. The summed E-state index contributed by atoms with van der Waals surface area (Å²) in [5.74, 6) is 0. The molecular formula is C12H16BrN. The summed E-state index contributed by atoms with van der Waals surface area (Å²) < 4.78 is 1.12. The van der Waals surface area contributed by atoms with Gasteiger partial charge in [0, 0.05) is 10.5 Å². The second kappa shape index (κ2) is 3.67. The highest BCUT2D eigenvalue weighted by Gasteiger charge is 2.38. The highest BCUT2D eigenvalue weighted by molar-refractivity contribution is 9.10. The fourth-order valence-corrected chi connectivity index (χ4v) is 2.04. The van der Waals surface area contributed by atoms with Gasteiger partial charge in [-0.2, -0.15) is 0 Å². The summed E-state index contributed by atoms with van der Waals surface area (Å²) in [6.45, 7) is 2.33. The predicted molar refractivity (Wildman–Crippen MR) is 63.0 cm³/mol. The van der Waals surface area contributed by atoms with Crippen molar-refractivity contribution in [3.05, 3.63) is 34.3 Å². The van der Waals surface area contributed by atoms with Gasteiger partial charge in [-0.25, -0.2) is 0 Å². The van der Waals surface area contributed by atoms with E-state index in [1.165, 1.54) is 18.4 Å². The van der Waals surface area contributed by atoms with Gasteiger partial charge in [0.05, 0.1) is 0 Å². The Bertz CT molecular complexity index is 314. The van der Waals surface area contributed by atoms with E-state index in [1.807, 2.05) is 0 Å². The molecule has 1 aliphatic carbocycles. The van der Waals surface area contributed by atoms with Crippen molar-refractivity contribution >= 4 is 15.9 Å². The first-order chi connectivity index (χ1) is 6.59. The van der Waals surface area contributed by atoms with Crippen LogP contribution in [0.5, 0.6) is 0 Å². The Hall–Kier alpha value is -0.340. The summed E-state index contributed by atoms with van der Waals surface area (Å²) in [6.07, 6.45) is 3.81. The Kier molecular flexibility index (Phi) is 2.67. The van der Waals surface area contributed by atoms with Gasteiger partial charge in [0.15, 0.2) is 0 Å². The molecule has 0 bridgehead atoms. The van der Waals surface area contributed by atoms with Gasteiger partial charge in [-0.3, -0.25) is 0 Å². The third-order valence-electron chi connectivity index (χ3n) is 3.11. The summed E-state index contributed by atoms with van der Waals surface area (Å²) in [6, 6.07) is 8.55. The molecule has 0 heterocycles. The molecule has 0 saturated heterocycles. The lowest BCUT2D eigenvalue weighted by molar-refractivity contribution is 0.457. The molecule has 1 aromatic rings. The van der Waals surface area contributed by atoms with E-state index in [1.54, 1.807) is 0 Å². The number of halogens is 1. The molecule has 2 rings (SSSR count). The molecule has 2 heteroatoms. The van der Waals surface area contributed by atoms with Gasteiger partial charge < -0.3 is 5.73 Å². The van der Waals surface area contributed by atoms with E-state index in [2.05, 4.69) is 47.1 Å². The van der Waals surface area contributed by atoms with Crippen LogP contribution in [0.15, 0.2) is 28.7 Å². The summed E-state index contributed by atoms with van der Waals surface area (Å²) >= 11 is 3.43. The molecule has 1 atom stereocenters. The fraction of sp³-hybridized carbons (Fsp3) is 0.500. The minimum absolute atomic E-state index is 0.204. The summed E-state index contributed by atoms with van der Waals surface area (Å²) in [4.78, 5) is 0. The van der Waals surface area contributed by atoms with Crippen LogP contribution in [0, 0.1) is 5.41 Å². The SMILES string of the molecule is CC1(CC(N)c2ccc(Br)cc2)CC1. The first-order valence-corrected chi connectivity index (χ1v) is 5.89. The molecular weight excluding hydrogens is 238 g/mol. The van der Waals surface area contributed by atoms with Crippen molar-refractivity contribution in [1.82, 2.24) is 0 Å².